The number of hydrogen-bond acceptors (Lipinski definition) is 5. The second-order valence-electron chi connectivity index (χ2n) is 5.50. The number of nitriles is 1. The van der Waals surface area contributed by atoms with Gasteiger partial charge in [-0.15, -0.1) is 11.3 Å². The SMILES string of the molecule is Cc1c(-c2ccccc2)sc(NC(=O)c2cccc([N+](=O)[O-])c2)c1C#N. The quantitative estimate of drug-likeness (QED) is 0.534. The number of nitrogens with zero attached hydrogens (tertiary/aromatic N) is 2. The van der Waals surface area contributed by atoms with E-state index >= 15 is 0 Å². The zero-order chi connectivity index (χ0) is 18.7. The van der Waals surface area contributed by atoms with Gasteiger partial charge in [0, 0.05) is 22.6 Å². The van der Waals surface area contributed by atoms with E-state index in [1.807, 2.05) is 37.3 Å². The van der Waals surface area contributed by atoms with Crippen LogP contribution < -0.4 is 5.32 Å². The fourth-order valence-corrected chi connectivity index (χ4v) is 3.69. The molecule has 1 aromatic heterocycles. The van der Waals surface area contributed by atoms with Crippen LogP contribution in [0.5, 0.6) is 0 Å². The monoisotopic (exact) mass is 363 g/mol. The third-order valence-electron chi connectivity index (χ3n) is 3.84. The highest BCUT2D eigenvalue weighted by molar-refractivity contribution is 7.20. The smallest absolute Gasteiger partial charge is 0.270 e. The van der Waals surface area contributed by atoms with Crippen LogP contribution in [0.15, 0.2) is 54.6 Å². The lowest BCUT2D eigenvalue weighted by atomic mass is 10.1. The summed E-state index contributed by atoms with van der Waals surface area (Å²) in [7, 11) is 0. The molecule has 0 bridgehead atoms. The second-order valence-corrected chi connectivity index (χ2v) is 6.52. The van der Waals surface area contributed by atoms with Crippen molar-refractivity contribution < 1.29 is 9.72 Å². The number of nitro groups is 1. The Morgan fingerprint density at radius 3 is 2.58 bits per heavy atom. The van der Waals surface area contributed by atoms with Crippen LogP contribution in [0.4, 0.5) is 10.7 Å². The van der Waals surface area contributed by atoms with Crippen molar-refractivity contribution in [2.24, 2.45) is 0 Å². The number of nitro benzene ring substituents is 1. The van der Waals surface area contributed by atoms with Gasteiger partial charge in [-0.3, -0.25) is 14.9 Å². The molecular formula is C19H13N3O3S. The Bertz CT molecular complexity index is 1040. The Morgan fingerprint density at radius 2 is 1.92 bits per heavy atom. The maximum absolute atomic E-state index is 12.5. The summed E-state index contributed by atoms with van der Waals surface area (Å²) in [6.45, 7) is 1.83. The van der Waals surface area contributed by atoms with E-state index in [0.717, 1.165) is 16.0 Å². The van der Waals surface area contributed by atoms with Gasteiger partial charge in [0.2, 0.25) is 0 Å². The Kier molecular flexibility index (Phi) is 4.78. The van der Waals surface area contributed by atoms with E-state index in [2.05, 4.69) is 11.4 Å². The third kappa shape index (κ3) is 3.31. The van der Waals surface area contributed by atoms with Crippen molar-refractivity contribution in [3.8, 4) is 16.5 Å². The van der Waals surface area contributed by atoms with Crippen LogP contribution in [-0.4, -0.2) is 10.8 Å². The first-order valence-corrected chi connectivity index (χ1v) is 8.47. The normalized spacial score (nSPS) is 10.2. The number of carbonyl (C=O) groups is 1. The molecule has 7 heteroatoms. The van der Waals surface area contributed by atoms with Gasteiger partial charge in [0.25, 0.3) is 11.6 Å². The molecule has 0 spiro atoms. The number of non-ortho nitro benzene ring substituents is 1. The molecule has 26 heavy (non-hydrogen) atoms. The zero-order valence-corrected chi connectivity index (χ0v) is 14.5. The minimum absolute atomic E-state index is 0.162. The van der Waals surface area contributed by atoms with Crippen LogP contribution in [-0.2, 0) is 0 Å². The predicted octanol–water partition coefficient (Wildman–Crippen LogP) is 4.76. The second kappa shape index (κ2) is 7.17. The molecule has 1 N–H and O–H groups in total. The summed E-state index contributed by atoms with van der Waals surface area (Å²) in [6, 6.07) is 17.2. The van der Waals surface area contributed by atoms with Crippen LogP contribution in [0, 0.1) is 28.4 Å². The van der Waals surface area contributed by atoms with E-state index in [1.165, 1.54) is 35.6 Å². The molecule has 3 rings (SSSR count). The van der Waals surface area contributed by atoms with Crippen molar-refractivity contribution in [1.82, 2.24) is 0 Å². The molecule has 0 aliphatic carbocycles. The van der Waals surface area contributed by atoms with E-state index in [-0.39, 0.29) is 11.3 Å². The van der Waals surface area contributed by atoms with Crippen LogP contribution in [0.2, 0.25) is 0 Å². The highest BCUT2D eigenvalue weighted by Crippen LogP contribution is 2.39. The molecule has 0 atom stereocenters. The number of amides is 1. The summed E-state index contributed by atoms with van der Waals surface area (Å²) in [5.41, 5.74) is 2.15. The van der Waals surface area contributed by atoms with Gasteiger partial charge in [-0.1, -0.05) is 36.4 Å². The topological polar surface area (TPSA) is 96.0 Å². The van der Waals surface area contributed by atoms with Gasteiger partial charge in [-0.05, 0) is 24.1 Å². The summed E-state index contributed by atoms with van der Waals surface area (Å²) in [5.74, 6) is -0.494. The van der Waals surface area contributed by atoms with Gasteiger partial charge in [-0.25, -0.2) is 0 Å². The lowest BCUT2D eigenvalue weighted by Crippen LogP contribution is -2.12. The molecule has 2 aromatic carbocycles. The van der Waals surface area contributed by atoms with E-state index in [1.54, 1.807) is 0 Å². The first kappa shape index (κ1) is 17.3. The first-order valence-electron chi connectivity index (χ1n) is 7.66. The number of hydrogen-bond donors (Lipinski definition) is 1. The Hall–Kier alpha value is -3.50. The first-order chi connectivity index (χ1) is 12.5. The minimum atomic E-state index is -0.555. The van der Waals surface area contributed by atoms with E-state index < -0.39 is 10.8 Å². The molecule has 1 amide bonds. The number of carbonyl (C=O) groups excluding carboxylic acids is 1. The van der Waals surface area contributed by atoms with Gasteiger partial charge in [0.05, 0.1) is 10.5 Å². The number of anilines is 1. The summed E-state index contributed by atoms with van der Waals surface area (Å²) in [4.78, 5) is 23.7. The fourth-order valence-electron chi connectivity index (χ4n) is 2.54. The zero-order valence-electron chi connectivity index (χ0n) is 13.7. The molecule has 0 saturated carbocycles. The lowest BCUT2D eigenvalue weighted by Gasteiger charge is -2.03. The molecule has 128 valence electrons. The molecule has 3 aromatic rings. The highest BCUT2D eigenvalue weighted by Gasteiger charge is 2.19. The maximum atomic E-state index is 12.5. The highest BCUT2D eigenvalue weighted by atomic mass is 32.1. The third-order valence-corrected chi connectivity index (χ3v) is 5.10. The lowest BCUT2D eigenvalue weighted by molar-refractivity contribution is -0.384. The summed E-state index contributed by atoms with van der Waals surface area (Å²) in [5, 5.41) is 23.5. The largest absolute Gasteiger partial charge is 0.312 e. The molecule has 0 saturated heterocycles. The van der Waals surface area contributed by atoms with Crippen LogP contribution in [0.25, 0.3) is 10.4 Å². The van der Waals surface area contributed by atoms with Crippen molar-refractivity contribution in [3.05, 3.63) is 81.4 Å². The number of thiophene rings is 1. The van der Waals surface area contributed by atoms with E-state index in [9.17, 15) is 20.2 Å². The number of nitrogens with one attached hydrogen (secondary N) is 1. The molecular weight excluding hydrogens is 350 g/mol. The molecule has 0 unspecified atom stereocenters. The number of rotatable bonds is 4. The Balaban J connectivity index is 1.95. The van der Waals surface area contributed by atoms with Gasteiger partial charge < -0.3 is 5.32 Å². The summed E-state index contributed by atoms with van der Waals surface area (Å²) in [6.07, 6.45) is 0. The number of benzene rings is 2. The van der Waals surface area contributed by atoms with Crippen molar-refractivity contribution in [2.45, 2.75) is 6.92 Å². The molecule has 1 heterocycles. The van der Waals surface area contributed by atoms with Crippen molar-refractivity contribution >= 4 is 27.9 Å². The molecule has 6 nitrogen and oxygen atoms in total. The standard InChI is InChI=1S/C19H13N3O3S/c1-12-16(11-20)19(26-17(12)13-6-3-2-4-7-13)21-18(23)14-8-5-9-15(10-14)22(24)25/h2-10H,1H3,(H,21,23). The van der Waals surface area contributed by atoms with Crippen molar-refractivity contribution in [1.29, 1.82) is 5.26 Å². The average molecular weight is 363 g/mol. The molecule has 0 fully saturated rings. The van der Waals surface area contributed by atoms with Gasteiger partial charge in [0.15, 0.2) is 0 Å². The summed E-state index contributed by atoms with van der Waals surface area (Å²) < 4.78 is 0. The van der Waals surface area contributed by atoms with E-state index in [4.69, 9.17) is 0 Å². The molecule has 0 radical (unpaired) electrons. The van der Waals surface area contributed by atoms with Crippen LogP contribution >= 0.6 is 11.3 Å². The summed E-state index contributed by atoms with van der Waals surface area (Å²) >= 11 is 1.31. The maximum Gasteiger partial charge on any atom is 0.270 e. The Morgan fingerprint density at radius 1 is 1.19 bits per heavy atom. The fraction of sp³-hybridized carbons (Fsp3) is 0.0526. The van der Waals surface area contributed by atoms with Gasteiger partial charge >= 0.3 is 0 Å². The Labute approximate surface area is 153 Å². The van der Waals surface area contributed by atoms with Gasteiger partial charge in [0.1, 0.15) is 11.1 Å². The van der Waals surface area contributed by atoms with E-state index in [0.29, 0.717) is 10.6 Å². The predicted molar refractivity (Wildman–Crippen MR) is 100 cm³/mol. The average Bonchev–Trinajstić information content (AvgIpc) is 2.97. The minimum Gasteiger partial charge on any atom is -0.312 e. The van der Waals surface area contributed by atoms with Crippen molar-refractivity contribution in [3.63, 3.8) is 0 Å². The molecule has 0 aliphatic heterocycles. The van der Waals surface area contributed by atoms with Crippen LogP contribution in [0.3, 0.4) is 0 Å². The van der Waals surface area contributed by atoms with Crippen LogP contribution in [0.1, 0.15) is 21.5 Å². The van der Waals surface area contributed by atoms with Crippen molar-refractivity contribution in [2.75, 3.05) is 5.32 Å². The van der Waals surface area contributed by atoms with Gasteiger partial charge in [-0.2, -0.15) is 5.26 Å². The molecule has 0 aliphatic rings.